The van der Waals surface area contributed by atoms with Crippen molar-refractivity contribution in [3.05, 3.63) is 41.2 Å². The van der Waals surface area contributed by atoms with Crippen molar-refractivity contribution < 1.29 is 13.9 Å². The molecular weight excluding hydrogens is 306 g/mol. The third-order valence-corrected chi connectivity index (χ3v) is 4.04. The lowest BCUT2D eigenvalue weighted by Gasteiger charge is -2.13. The van der Waals surface area contributed by atoms with E-state index in [1.54, 1.807) is 6.26 Å². The van der Waals surface area contributed by atoms with Crippen LogP contribution >= 0.6 is 0 Å². The van der Waals surface area contributed by atoms with Crippen molar-refractivity contribution in [2.45, 2.75) is 52.0 Å². The van der Waals surface area contributed by atoms with Gasteiger partial charge in [0.1, 0.15) is 17.4 Å². The van der Waals surface area contributed by atoms with Crippen LogP contribution in [-0.2, 0) is 11.3 Å². The summed E-state index contributed by atoms with van der Waals surface area (Å²) in [7, 11) is 0. The zero-order valence-corrected chi connectivity index (χ0v) is 14.2. The average Bonchev–Trinajstić information content (AvgIpc) is 3.30. The van der Waals surface area contributed by atoms with Crippen LogP contribution < -0.4 is 5.32 Å². The summed E-state index contributed by atoms with van der Waals surface area (Å²) in [5.74, 6) is 2.20. The highest BCUT2D eigenvalue weighted by molar-refractivity contribution is 5.90. The lowest BCUT2D eigenvalue weighted by atomic mass is 10.2. The van der Waals surface area contributed by atoms with E-state index < -0.39 is 0 Å². The molecule has 1 aliphatic rings. The molecule has 2 aromatic rings. The van der Waals surface area contributed by atoms with Gasteiger partial charge in [0.25, 0.3) is 0 Å². The SMILES string of the molecule is CCCCOC(=O)c1nc(C2CC2)nc(NCc2ccco2)c1C. The Hall–Kier alpha value is -2.37. The van der Waals surface area contributed by atoms with Gasteiger partial charge in [-0.3, -0.25) is 0 Å². The second-order valence-electron chi connectivity index (χ2n) is 6.10. The number of nitrogens with one attached hydrogen (secondary N) is 1. The van der Waals surface area contributed by atoms with Crippen molar-refractivity contribution in [2.75, 3.05) is 11.9 Å². The lowest BCUT2D eigenvalue weighted by molar-refractivity contribution is 0.0491. The standard InChI is InChI=1S/C18H23N3O3/c1-3-4-9-24-18(22)15-12(2)16(19-11-14-6-5-10-23-14)21-17(20-15)13-7-8-13/h5-6,10,13H,3-4,7-9,11H2,1-2H3,(H,19,20,21). The summed E-state index contributed by atoms with van der Waals surface area (Å²) in [5.41, 5.74) is 1.08. The van der Waals surface area contributed by atoms with Gasteiger partial charge < -0.3 is 14.5 Å². The maximum atomic E-state index is 12.4. The molecule has 0 spiro atoms. The molecule has 0 bridgehead atoms. The van der Waals surface area contributed by atoms with Gasteiger partial charge in [-0.2, -0.15) is 0 Å². The second kappa shape index (κ2) is 7.47. The minimum absolute atomic E-state index is 0.358. The number of rotatable bonds is 8. The molecule has 24 heavy (non-hydrogen) atoms. The molecule has 6 heteroatoms. The van der Waals surface area contributed by atoms with Crippen LogP contribution in [0.4, 0.5) is 5.82 Å². The molecular formula is C18H23N3O3. The Morgan fingerprint density at radius 3 is 2.92 bits per heavy atom. The predicted molar refractivity (Wildman–Crippen MR) is 90.0 cm³/mol. The van der Waals surface area contributed by atoms with Gasteiger partial charge in [-0.25, -0.2) is 14.8 Å². The van der Waals surface area contributed by atoms with E-state index >= 15 is 0 Å². The summed E-state index contributed by atoms with van der Waals surface area (Å²) >= 11 is 0. The van der Waals surface area contributed by atoms with E-state index in [1.165, 1.54) is 0 Å². The van der Waals surface area contributed by atoms with Crippen LogP contribution in [-0.4, -0.2) is 22.5 Å². The van der Waals surface area contributed by atoms with Gasteiger partial charge in [0.05, 0.1) is 19.4 Å². The van der Waals surface area contributed by atoms with E-state index in [0.29, 0.717) is 36.1 Å². The van der Waals surface area contributed by atoms with E-state index in [9.17, 15) is 4.79 Å². The predicted octanol–water partition coefficient (Wildman–Crippen LogP) is 3.82. The van der Waals surface area contributed by atoms with Crippen molar-refractivity contribution in [1.82, 2.24) is 9.97 Å². The van der Waals surface area contributed by atoms with Gasteiger partial charge in [0.2, 0.25) is 0 Å². The normalized spacial score (nSPS) is 13.8. The Balaban J connectivity index is 1.80. The van der Waals surface area contributed by atoms with Crippen molar-refractivity contribution in [3.8, 4) is 0 Å². The fourth-order valence-corrected chi connectivity index (χ4v) is 2.39. The van der Waals surface area contributed by atoms with E-state index in [0.717, 1.165) is 37.3 Å². The molecule has 0 radical (unpaired) electrons. The summed E-state index contributed by atoms with van der Waals surface area (Å²) in [6.45, 7) is 4.84. The fourth-order valence-electron chi connectivity index (χ4n) is 2.39. The molecule has 1 fully saturated rings. The van der Waals surface area contributed by atoms with E-state index in [2.05, 4.69) is 22.2 Å². The number of ether oxygens (including phenoxy) is 1. The Bertz CT molecular complexity index is 694. The minimum atomic E-state index is -0.369. The molecule has 128 valence electrons. The zero-order valence-electron chi connectivity index (χ0n) is 14.2. The molecule has 6 nitrogen and oxygen atoms in total. The molecule has 0 amide bonds. The maximum absolute atomic E-state index is 12.4. The fraction of sp³-hybridized carbons (Fsp3) is 0.500. The molecule has 1 aliphatic carbocycles. The summed E-state index contributed by atoms with van der Waals surface area (Å²) in [5, 5.41) is 3.25. The quantitative estimate of drug-likeness (QED) is 0.586. The number of hydrogen-bond donors (Lipinski definition) is 1. The third-order valence-electron chi connectivity index (χ3n) is 4.04. The molecule has 2 heterocycles. The monoisotopic (exact) mass is 329 g/mol. The third kappa shape index (κ3) is 3.93. The highest BCUT2D eigenvalue weighted by Gasteiger charge is 2.29. The largest absolute Gasteiger partial charge is 0.467 e. The number of esters is 1. The number of aromatic nitrogens is 2. The lowest BCUT2D eigenvalue weighted by Crippen LogP contribution is -2.15. The molecule has 1 saturated carbocycles. The smallest absolute Gasteiger partial charge is 0.357 e. The Labute approximate surface area is 141 Å². The van der Waals surface area contributed by atoms with Gasteiger partial charge >= 0.3 is 5.97 Å². The molecule has 0 aromatic carbocycles. The number of unbranched alkanes of at least 4 members (excludes halogenated alkanes) is 1. The van der Waals surface area contributed by atoms with Gasteiger partial charge in [-0.15, -0.1) is 0 Å². The molecule has 3 rings (SSSR count). The van der Waals surface area contributed by atoms with Gasteiger partial charge in [0, 0.05) is 11.5 Å². The Morgan fingerprint density at radius 2 is 2.25 bits per heavy atom. The number of hydrogen-bond acceptors (Lipinski definition) is 6. The van der Waals surface area contributed by atoms with E-state index in [4.69, 9.17) is 9.15 Å². The average molecular weight is 329 g/mol. The van der Waals surface area contributed by atoms with E-state index in [-0.39, 0.29) is 5.97 Å². The number of nitrogens with zero attached hydrogens (tertiary/aromatic N) is 2. The Kier molecular flexibility index (Phi) is 5.13. The second-order valence-corrected chi connectivity index (χ2v) is 6.10. The number of carbonyl (C=O) groups excluding carboxylic acids is 1. The van der Waals surface area contributed by atoms with Crippen LogP contribution in [0.25, 0.3) is 0 Å². The minimum Gasteiger partial charge on any atom is -0.467 e. The molecule has 0 aliphatic heterocycles. The summed E-state index contributed by atoms with van der Waals surface area (Å²) < 4.78 is 10.7. The first-order valence-electron chi connectivity index (χ1n) is 8.51. The van der Waals surface area contributed by atoms with Gasteiger partial charge in [0.15, 0.2) is 5.69 Å². The zero-order chi connectivity index (χ0) is 16.9. The molecule has 1 N–H and O–H groups in total. The summed E-state index contributed by atoms with van der Waals surface area (Å²) in [4.78, 5) is 21.4. The van der Waals surface area contributed by atoms with Gasteiger partial charge in [-0.1, -0.05) is 13.3 Å². The number of anilines is 1. The van der Waals surface area contributed by atoms with Crippen LogP contribution in [0.2, 0.25) is 0 Å². The molecule has 0 atom stereocenters. The maximum Gasteiger partial charge on any atom is 0.357 e. The number of carbonyl (C=O) groups is 1. The van der Waals surface area contributed by atoms with Crippen molar-refractivity contribution >= 4 is 11.8 Å². The number of furan rings is 1. The first-order chi connectivity index (χ1) is 11.7. The van der Waals surface area contributed by atoms with Crippen LogP contribution in [0.5, 0.6) is 0 Å². The van der Waals surface area contributed by atoms with Gasteiger partial charge in [-0.05, 0) is 38.3 Å². The highest BCUT2D eigenvalue weighted by atomic mass is 16.5. The van der Waals surface area contributed by atoms with Crippen molar-refractivity contribution in [1.29, 1.82) is 0 Å². The van der Waals surface area contributed by atoms with E-state index in [1.807, 2.05) is 19.1 Å². The first-order valence-corrected chi connectivity index (χ1v) is 8.51. The highest BCUT2D eigenvalue weighted by Crippen LogP contribution is 2.39. The van der Waals surface area contributed by atoms with Crippen molar-refractivity contribution in [2.24, 2.45) is 0 Å². The van der Waals surface area contributed by atoms with Crippen LogP contribution in [0, 0.1) is 6.92 Å². The molecule has 2 aromatic heterocycles. The van der Waals surface area contributed by atoms with Crippen LogP contribution in [0.1, 0.15) is 66.2 Å². The van der Waals surface area contributed by atoms with Crippen LogP contribution in [0.15, 0.2) is 22.8 Å². The summed E-state index contributed by atoms with van der Waals surface area (Å²) in [6.07, 6.45) is 5.63. The first kappa shape index (κ1) is 16.5. The topological polar surface area (TPSA) is 77.2 Å². The van der Waals surface area contributed by atoms with Crippen LogP contribution in [0.3, 0.4) is 0 Å². The summed E-state index contributed by atoms with van der Waals surface area (Å²) in [6, 6.07) is 3.74. The molecule has 0 saturated heterocycles. The Morgan fingerprint density at radius 1 is 1.42 bits per heavy atom. The van der Waals surface area contributed by atoms with Crippen molar-refractivity contribution in [3.63, 3.8) is 0 Å². The molecule has 0 unspecified atom stereocenters.